The maximum atomic E-state index is 11.4. The third-order valence-corrected chi connectivity index (χ3v) is 1.95. The van der Waals surface area contributed by atoms with E-state index in [4.69, 9.17) is 0 Å². The Morgan fingerprint density at radius 3 is 2.23 bits per heavy atom. The summed E-state index contributed by atoms with van der Waals surface area (Å²) >= 11 is 0. The van der Waals surface area contributed by atoms with Crippen molar-refractivity contribution in [1.82, 2.24) is 0 Å². The standard InChI is InChI=1S/C11H14O2/c1-8(2)10(12)11(13)9-6-4-3-5-7-9/h3-8,11,13H,1-2H3/t11-/m1/s1. The van der Waals surface area contributed by atoms with Gasteiger partial charge in [0, 0.05) is 5.92 Å². The van der Waals surface area contributed by atoms with E-state index in [0.717, 1.165) is 0 Å². The van der Waals surface area contributed by atoms with E-state index in [1.807, 2.05) is 18.2 Å². The van der Waals surface area contributed by atoms with Crippen molar-refractivity contribution < 1.29 is 9.90 Å². The van der Waals surface area contributed by atoms with Gasteiger partial charge in [-0.15, -0.1) is 0 Å². The van der Waals surface area contributed by atoms with E-state index in [-0.39, 0.29) is 11.7 Å². The molecule has 0 aliphatic carbocycles. The molecule has 1 aromatic rings. The second-order valence-corrected chi connectivity index (χ2v) is 3.37. The van der Waals surface area contributed by atoms with Gasteiger partial charge in [0.2, 0.25) is 0 Å². The van der Waals surface area contributed by atoms with E-state index in [1.54, 1.807) is 26.0 Å². The Labute approximate surface area is 78.2 Å². The minimum atomic E-state index is -0.971. The molecule has 0 bridgehead atoms. The quantitative estimate of drug-likeness (QED) is 0.768. The van der Waals surface area contributed by atoms with E-state index in [1.165, 1.54) is 0 Å². The van der Waals surface area contributed by atoms with Crippen LogP contribution in [-0.4, -0.2) is 10.9 Å². The molecule has 0 fully saturated rings. The highest BCUT2D eigenvalue weighted by Crippen LogP contribution is 2.16. The largest absolute Gasteiger partial charge is 0.381 e. The van der Waals surface area contributed by atoms with Gasteiger partial charge in [0.15, 0.2) is 5.78 Å². The molecule has 0 saturated carbocycles. The Morgan fingerprint density at radius 2 is 1.77 bits per heavy atom. The lowest BCUT2D eigenvalue weighted by Gasteiger charge is -2.11. The Hall–Kier alpha value is -1.15. The van der Waals surface area contributed by atoms with E-state index >= 15 is 0 Å². The molecule has 2 heteroatoms. The van der Waals surface area contributed by atoms with Crippen LogP contribution >= 0.6 is 0 Å². The van der Waals surface area contributed by atoms with Crippen LogP contribution in [-0.2, 0) is 4.79 Å². The Kier molecular flexibility index (Phi) is 3.20. The molecule has 0 aliphatic rings. The van der Waals surface area contributed by atoms with Crippen LogP contribution in [0, 0.1) is 5.92 Å². The number of Topliss-reactive ketones (excluding diaryl/α,β-unsaturated/α-hetero) is 1. The van der Waals surface area contributed by atoms with Gasteiger partial charge in [-0.3, -0.25) is 4.79 Å². The van der Waals surface area contributed by atoms with Crippen molar-refractivity contribution in [1.29, 1.82) is 0 Å². The minimum Gasteiger partial charge on any atom is -0.381 e. The van der Waals surface area contributed by atoms with Crippen molar-refractivity contribution in [3.05, 3.63) is 35.9 Å². The van der Waals surface area contributed by atoms with Crippen molar-refractivity contribution in [2.75, 3.05) is 0 Å². The lowest BCUT2D eigenvalue weighted by atomic mass is 9.98. The number of carbonyl (C=O) groups excluding carboxylic acids is 1. The summed E-state index contributed by atoms with van der Waals surface area (Å²) in [7, 11) is 0. The number of aliphatic hydroxyl groups is 1. The molecule has 0 spiro atoms. The molecule has 0 aliphatic heterocycles. The van der Waals surface area contributed by atoms with E-state index < -0.39 is 6.10 Å². The van der Waals surface area contributed by atoms with Crippen LogP contribution in [0.15, 0.2) is 30.3 Å². The fourth-order valence-electron chi connectivity index (χ4n) is 1.12. The second kappa shape index (κ2) is 4.19. The molecule has 1 aromatic carbocycles. The SMILES string of the molecule is CC(C)C(=O)[C@H](O)c1ccccc1. The smallest absolute Gasteiger partial charge is 0.168 e. The fraction of sp³-hybridized carbons (Fsp3) is 0.364. The molecular weight excluding hydrogens is 164 g/mol. The zero-order chi connectivity index (χ0) is 9.84. The molecule has 1 rings (SSSR count). The summed E-state index contributed by atoms with van der Waals surface area (Å²) in [5.41, 5.74) is 0.668. The number of rotatable bonds is 3. The lowest BCUT2D eigenvalue weighted by Crippen LogP contribution is -2.17. The molecule has 13 heavy (non-hydrogen) atoms. The second-order valence-electron chi connectivity index (χ2n) is 3.37. The number of hydrogen-bond acceptors (Lipinski definition) is 2. The third kappa shape index (κ3) is 2.39. The van der Waals surface area contributed by atoms with Crippen LogP contribution in [0.5, 0.6) is 0 Å². The molecular formula is C11H14O2. The van der Waals surface area contributed by atoms with Crippen molar-refractivity contribution >= 4 is 5.78 Å². The topological polar surface area (TPSA) is 37.3 Å². The van der Waals surface area contributed by atoms with Gasteiger partial charge >= 0.3 is 0 Å². The Morgan fingerprint density at radius 1 is 1.23 bits per heavy atom. The zero-order valence-corrected chi connectivity index (χ0v) is 7.90. The van der Waals surface area contributed by atoms with Gasteiger partial charge in [0.05, 0.1) is 0 Å². The van der Waals surface area contributed by atoms with Gasteiger partial charge in [-0.1, -0.05) is 44.2 Å². The van der Waals surface area contributed by atoms with Gasteiger partial charge in [-0.25, -0.2) is 0 Å². The van der Waals surface area contributed by atoms with Gasteiger partial charge in [-0.05, 0) is 5.56 Å². The van der Waals surface area contributed by atoms with Crippen LogP contribution in [0.25, 0.3) is 0 Å². The number of carbonyl (C=O) groups is 1. The number of aliphatic hydroxyl groups excluding tert-OH is 1. The summed E-state index contributed by atoms with van der Waals surface area (Å²) in [5, 5.41) is 9.61. The van der Waals surface area contributed by atoms with Crippen molar-refractivity contribution in [2.24, 2.45) is 5.92 Å². The summed E-state index contributed by atoms with van der Waals surface area (Å²) in [6.45, 7) is 3.57. The summed E-state index contributed by atoms with van der Waals surface area (Å²) < 4.78 is 0. The van der Waals surface area contributed by atoms with Gasteiger partial charge in [0.25, 0.3) is 0 Å². The van der Waals surface area contributed by atoms with Gasteiger partial charge in [-0.2, -0.15) is 0 Å². The summed E-state index contributed by atoms with van der Waals surface area (Å²) in [6.07, 6.45) is -0.971. The van der Waals surface area contributed by atoms with Crippen LogP contribution in [0.1, 0.15) is 25.5 Å². The summed E-state index contributed by atoms with van der Waals surface area (Å²) in [6, 6.07) is 8.99. The van der Waals surface area contributed by atoms with E-state index in [0.29, 0.717) is 5.56 Å². The maximum Gasteiger partial charge on any atom is 0.168 e. The summed E-state index contributed by atoms with van der Waals surface area (Å²) in [4.78, 5) is 11.4. The van der Waals surface area contributed by atoms with Crippen LogP contribution in [0.2, 0.25) is 0 Å². The minimum absolute atomic E-state index is 0.129. The molecule has 0 aromatic heterocycles. The molecule has 1 N–H and O–H groups in total. The molecule has 0 amide bonds. The van der Waals surface area contributed by atoms with E-state index in [2.05, 4.69) is 0 Å². The first-order valence-corrected chi connectivity index (χ1v) is 4.39. The van der Waals surface area contributed by atoms with Crippen molar-refractivity contribution in [3.63, 3.8) is 0 Å². The van der Waals surface area contributed by atoms with Gasteiger partial charge in [0.1, 0.15) is 6.10 Å². The molecule has 0 saturated heterocycles. The highest BCUT2D eigenvalue weighted by atomic mass is 16.3. The van der Waals surface area contributed by atoms with Crippen molar-refractivity contribution in [2.45, 2.75) is 20.0 Å². The van der Waals surface area contributed by atoms with Crippen LogP contribution in [0.4, 0.5) is 0 Å². The molecule has 0 heterocycles. The lowest BCUT2D eigenvalue weighted by molar-refractivity contribution is -0.130. The predicted octanol–water partition coefficient (Wildman–Crippen LogP) is 1.95. The Bertz CT molecular complexity index is 277. The number of benzene rings is 1. The first-order chi connectivity index (χ1) is 6.13. The van der Waals surface area contributed by atoms with E-state index in [9.17, 15) is 9.90 Å². The maximum absolute atomic E-state index is 11.4. The molecule has 1 atom stereocenters. The summed E-state index contributed by atoms with van der Waals surface area (Å²) in [5.74, 6) is -0.263. The predicted molar refractivity (Wildman–Crippen MR) is 51.2 cm³/mol. The number of ketones is 1. The molecule has 0 unspecified atom stereocenters. The number of hydrogen-bond donors (Lipinski definition) is 1. The normalized spacial score (nSPS) is 12.9. The zero-order valence-electron chi connectivity index (χ0n) is 7.90. The van der Waals surface area contributed by atoms with Crippen molar-refractivity contribution in [3.8, 4) is 0 Å². The van der Waals surface area contributed by atoms with Crippen LogP contribution < -0.4 is 0 Å². The average molecular weight is 178 g/mol. The monoisotopic (exact) mass is 178 g/mol. The fourth-order valence-corrected chi connectivity index (χ4v) is 1.12. The molecule has 2 nitrogen and oxygen atoms in total. The first kappa shape index (κ1) is 9.93. The highest BCUT2D eigenvalue weighted by molar-refractivity contribution is 5.85. The highest BCUT2D eigenvalue weighted by Gasteiger charge is 2.19. The average Bonchev–Trinajstić information content (AvgIpc) is 2.17. The third-order valence-electron chi connectivity index (χ3n) is 1.95. The Balaban J connectivity index is 2.80. The van der Waals surface area contributed by atoms with Gasteiger partial charge < -0.3 is 5.11 Å². The molecule has 0 radical (unpaired) electrons. The first-order valence-electron chi connectivity index (χ1n) is 4.39. The molecule has 70 valence electrons. The van der Waals surface area contributed by atoms with Crippen LogP contribution in [0.3, 0.4) is 0 Å².